The van der Waals surface area contributed by atoms with Crippen LogP contribution in [0.25, 0.3) is 0 Å². The Kier molecular flexibility index (Phi) is 17.7. The topological polar surface area (TPSA) is 163 Å². The quantitative estimate of drug-likeness (QED) is 0.0677. The molecule has 3 N–H and O–H groups in total. The van der Waals surface area contributed by atoms with E-state index in [1.165, 1.54) is 7.11 Å². The number of halogens is 2. The summed E-state index contributed by atoms with van der Waals surface area (Å²) in [5, 5.41) is 23.7. The predicted octanol–water partition coefficient (Wildman–Crippen LogP) is 6.85. The van der Waals surface area contributed by atoms with Crippen LogP contribution in [0.15, 0.2) is 30.5 Å². The summed E-state index contributed by atoms with van der Waals surface area (Å²) in [7, 11) is 1.49. The van der Waals surface area contributed by atoms with Crippen molar-refractivity contribution >= 4 is 63.0 Å². The second-order valence-electron chi connectivity index (χ2n) is 14.3. The number of nitrogens with zero attached hydrogens (tertiary/aromatic N) is 3. The van der Waals surface area contributed by atoms with E-state index >= 15 is 0 Å². The molecule has 292 valence electrons. The maximum absolute atomic E-state index is 12.3. The molecule has 1 heterocycles. The van der Waals surface area contributed by atoms with Crippen LogP contribution in [0, 0.1) is 21.0 Å². The number of methoxy groups -OCH3 is 1. The zero-order valence-corrected chi connectivity index (χ0v) is 36.1. The number of carbonyl (C=O) groups excluding carboxylic acids is 2. The maximum Gasteiger partial charge on any atom is 0.307 e. The summed E-state index contributed by atoms with van der Waals surface area (Å²) in [5.41, 5.74) is 2.44. The van der Waals surface area contributed by atoms with Gasteiger partial charge in [-0.2, -0.15) is 0 Å². The smallest absolute Gasteiger partial charge is 0.307 e. The number of unbranched alkanes of at least 4 members (excludes halogenated alkanes) is 2. The lowest BCUT2D eigenvalue weighted by atomic mass is 10.0. The fourth-order valence-electron chi connectivity index (χ4n) is 5.43. The number of aryl methyl sites for hydroxylation is 2. The third-order valence-electron chi connectivity index (χ3n) is 8.53. The molecular formula is C38H53I2N5O8. The van der Waals surface area contributed by atoms with Crippen LogP contribution in [0.2, 0.25) is 0 Å². The number of rotatable bonds is 23. The standard InChI is InChI=1S/C38H53I2N5O8/c1-25-17-27(20-34(48)49)19-30(39)36(25)53-29-18-26(2)35(31(40)21-29)51-23-28-22-45(44-43-28)37(3,4)13-16-52-38(5,6)12-15-42-32(46)11-9-8-10-14-41-33(47)24-50-7/h17-19,21-22H,8-16,20,23-24H2,1-7H3,(H,41,47)(H,42,46)(H,48,49). The Morgan fingerprint density at radius 3 is 2.26 bits per heavy atom. The molecule has 0 aliphatic rings. The van der Waals surface area contributed by atoms with Crippen molar-refractivity contribution in [2.75, 3.05) is 33.4 Å². The SMILES string of the molecule is COCC(=O)NCCCCCC(=O)NCCC(C)(C)OCCC(C)(C)n1cc(COc2c(C)cc(Oc3c(C)cc(CC(=O)O)cc3I)cc2I)nn1. The van der Waals surface area contributed by atoms with Gasteiger partial charge in [0.05, 0.1) is 30.9 Å². The molecule has 0 aliphatic carbocycles. The Morgan fingerprint density at radius 2 is 1.58 bits per heavy atom. The Bertz CT molecular complexity index is 1650. The molecule has 3 rings (SSSR count). The van der Waals surface area contributed by atoms with Crippen molar-refractivity contribution in [1.82, 2.24) is 25.6 Å². The molecule has 0 unspecified atom stereocenters. The number of nitrogens with one attached hydrogen (secondary N) is 2. The van der Waals surface area contributed by atoms with E-state index < -0.39 is 11.6 Å². The van der Waals surface area contributed by atoms with Crippen LogP contribution in [-0.2, 0) is 42.4 Å². The molecule has 0 saturated carbocycles. The highest BCUT2D eigenvalue weighted by Gasteiger charge is 2.25. The minimum Gasteiger partial charge on any atom is -0.486 e. The number of carboxylic acid groups (broad SMARTS) is 1. The van der Waals surface area contributed by atoms with Gasteiger partial charge in [0.15, 0.2) is 0 Å². The van der Waals surface area contributed by atoms with Gasteiger partial charge in [0.1, 0.15) is 36.2 Å². The molecule has 13 nitrogen and oxygen atoms in total. The van der Waals surface area contributed by atoms with Crippen molar-refractivity contribution in [3.63, 3.8) is 0 Å². The number of hydrogen-bond donors (Lipinski definition) is 3. The molecule has 1 aromatic heterocycles. The average molecular weight is 962 g/mol. The summed E-state index contributed by atoms with van der Waals surface area (Å²) < 4.78 is 27.1. The van der Waals surface area contributed by atoms with Gasteiger partial charge in [0.25, 0.3) is 0 Å². The molecule has 2 amide bonds. The summed E-state index contributed by atoms with van der Waals surface area (Å²) in [6, 6.07) is 7.52. The molecule has 0 aliphatic heterocycles. The Balaban J connectivity index is 1.42. The summed E-state index contributed by atoms with van der Waals surface area (Å²) in [5.74, 6) is 1.13. The third-order valence-corrected chi connectivity index (χ3v) is 10.1. The zero-order chi connectivity index (χ0) is 39.2. The highest BCUT2D eigenvalue weighted by Crippen LogP contribution is 2.36. The zero-order valence-electron chi connectivity index (χ0n) is 31.8. The third kappa shape index (κ3) is 15.3. The van der Waals surface area contributed by atoms with Crippen LogP contribution in [0.1, 0.15) is 88.6 Å². The van der Waals surface area contributed by atoms with Gasteiger partial charge in [0, 0.05) is 33.2 Å². The lowest BCUT2D eigenvalue weighted by Crippen LogP contribution is -2.35. The van der Waals surface area contributed by atoms with Gasteiger partial charge >= 0.3 is 5.97 Å². The van der Waals surface area contributed by atoms with E-state index in [4.69, 9.17) is 24.1 Å². The number of ether oxygens (including phenoxy) is 4. The summed E-state index contributed by atoms with van der Waals surface area (Å²) >= 11 is 4.41. The number of carboxylic acids is 1. The van der Waals surface area contributed by atoms with Gasteiger partial charge in [-0.05, 0) is 147 Å². The summed E-state index contributed by atoms with van der Waals surface area (Å²) in [6.07, 6.45) is 6.17. The van der Waals surface area contributed by atoms with Crippen molar-refractivity contribution in [3.8, 4) is 17.2 Å². The maximum atomic E-state index is 12.3. The van der Waals surface area contributed by atoms with Gasteiger partial charge in [-0.3, -0.25) is 14.4 Å². The Morgan fingerprint density at radius 1 is 0.887 bits per heavy atom. The van der Waals surface area contributed by atoms with Crippen molar-refractivity contribution in [1.29, 1.82) is 0 Å². The van der Waals surface area contributed by atoms with Crippen LogP contribution in [0.5, 0.6) is 17.2 Å². The van der Waals surface area contributed by atoms with Gasteiger partial charge in [-0.15, -0.1) is 5.10 Å². The second kappa shape index (κ2) is 21.2. The number of benzene rings is 2. The summed E-state index contributed by atoms with van der Waals surface area (Å²) in [6.45, 7) is 14.0. The van der Waals surface area contributed by atoms with E-state index in [1.54, 1.807) is 0 Å². The van der Waals surface area contributed by atoms with E-state index in [-0.39, 0.29) is 37.0 Å². The second-order valence-corrected chi connectivity index (χ2v) is 16.6. The monoisotopic (exact) mass is 961 g/mol. The number of carbonyl (C=O) groups is 3. The van der Waals surface area contributed by atoms with E-state index in [2.05, 4.69) is 80.0 Å². The van der Waals surface area contributed by atoms with Crippen molar-refractivity contribution in [2.24, 2.45) is 0 Å². The highest BCUT2D eigenvalue weighted by molar-refractivity contribution is 14.1. The van der Waals surface area contributed by atoms with Gasteiger partial charge in [-0.25, -0.2) is 4.68 Å². The minimum atomic E-state index is -0.869. The van der Waals surface area contributed by atoms with E-state index in [9.17, 15) is 14.4 Å². The van der Waals surface area contributed by atoms with Crippen LogP contribution in [0.4, 0.5) is 0 Å². The van der Waals surface area contributed by atoms with E-state index in [1.807, 2.05) is 62.8 Å². The number of amides is 2. The number of aromatic nitrogens is 3. The van der Waals surface area contributed by atoms with Crippen molar-refractivity contribution in [3.05, 3.63) is 60.0 Å². The highest BCUT2D eigenvalue weighted by atomic mass is 127. The molecule has 0 bridgehead atoms. The largest absolute Gasteiger partial charge is 0.486 e. The van der Waals surface area contributed by atoms with Gasteiger partial charge in [-0.1, -0.05) is 17.7 Å². The first-order chi connectivity index (χ1) is 25.0. The van der Waals surface area contributed by atoms with Crippen LogP contribution in [-0.4, -0.2) is 76.9 Å². The van der Waals surface area contributed by atoms with Crippen LogP contribution < -0.4 is 20.1 Å². The van der Waals surface area contributed by atoms with Gasteiger partial charge in [0.2, 0.25) is 11.8 Å². The molecule has 2 aromatic carbocycles. The van der Waals surface area contributed by atoms with E-state index in [0.717, 1.165) is 48.8 Å². The fraction of sp³-hybridized carbons (Fsp3) is 0.553. The first-order valence-corrected chi connectivity index (χ1v) is 19.8. The van der Waals surface area contributed by atoms with Crippen molar-refractivity contribution < 1.29 is 38.4 Å². The number of hydrogen-bond acceptors (Lipinski definition) is 9. The molecule has 0 atom stereocenters. The fourth-order valence-corrected chi connectivity index (χ4v) is 7.25. The molecule has 3 aromatic rings. The molecular weight excluding hydrogens is 908 g/mol. The molecule has 53 heavy (non-hydrogen) atoms. The average Bonchev–Trinajstić information content (AvgIpc) is 3.54. The number of aliphatic carboxylic acids is 1. The summed E-state index contributed by atoms with van der Waals surface area (Å²) in [4.78, 5) is 34.8. The first kappa shape index (κ1) is 44.4. The minimum absolute atomic E-state index is 0.0238. The Hall–Kier alpha value is -3.03. The predicted molar refractivity (Wildman–Crippen MR) is 219 cm³/mol. The lowest BCUT2D eigenvalue weighted by Gasteiger charge is -2.29. The molecule has 15 heteroatoms. The normalized spacial score (nSPS) is 11.7. The van der Waals surface area contributed by atoms with Crippen LogP contribution in [0.3, 0.4) is 0 Å². The molecule has 0 radical (unpaired) electrons. The Labute approximate surface area is 339 Å². The molecule has 0 spiro atoms. The van der Waals surface area contributed by atoms with E-state index in [0.29, 0.717) is 56.2 Å². The van der Waals surface area contributed by atoms with Gasteiger partial charge < -0.3 is 34.7 Å². The van der Waals surface area contributed by atoms with Crippen molar-refractivity contribution in [2.45, 2.75) is 104 Å². The molecule has 0 fully saturated rings. The molecule has 0 saturated heterocycles. The first-order valence-electron chi connectivity index (χ1n) is 17.7. The lowest BCUT2D eigenvalue weighted by molar-refractivity contribution is -0.136. The van der Waals surface area contributed by atoms with Crippen LogP contribution >= 0.6 is 45.2 Å².